The molecule has 2 aliphatic rings. The van der Waals surface area contributed by atoms with E-state index in [1.165, 1.54) is 18.5 Å². The van der Waals surface area contributed by atoms with Crippen molar-refractivity contribution in [3.8, 4) is 0 Å². The van der Waals surface area contributed by atoms with Gasteiger partial charge in [-0.15, -0.1) is 0 Å². The number of likely N-dealkylation sites (tertiary alicyclic amines) is 2. The number of hydrogen-bond donors (Lipinski definition) is 2. The summed E-state index contributed by atoms with van der Waals surface area (Å²) in [5, 5.41) is 0. The fraction of sp³-hybridized carbons (Fsp3) is 0.391. The highest BCUT2D eigenvalue weighted by Crippen LogP contribution is 2.28. The maximum absolute atomic E-state index is 13.5. The van der Waals surface area contributed by atoms with E-state index in [1.807, 2.05) is 73.4 Å². The van der Waals surface area contributed by atoms with E-state index in [4.69, 9.17) is 24.7 Å². The van der Waals surface area contributed by atoms with Gasteiger partial charge >= 0.3 is 5.97 Å². The molecule has 4 aromatic heterocycles. The van der Waals surface area contributed by atoms with Crippen molar-refractivity contribution >= 4 is 91.7 Å². The van der Waals surface area contributed by atoms with Crippen LogP contribution >= 0.6 is 0 Å². The van der Waals surface area contributed by atoms with Crippen LogP contribution in [0.1, 0.15) is 126 Å². The number of aromatic amines is 2. The fourth-order valence-corrected chi connectivity index (χ4v) is 12.3. The van der Waals surface area contributed by atoms with Crippen LogP contribution in [0.25, 0.3) is 68.4 Å². The summed E-state index contributed by atoms with van der Waals surface area (Å²) in [4.78, 5) is 87.6. The Morgan fingerprint density at radius 1 is 0.605 bits per heavy atom. The molecule has 2 saturated heterocycles. The highest BCUT2D eigenvalue weighted by molar-refractivity contribution is 5.94. The van der Waals surface area contributed by atoms with Crippen molar-refractivity contribution in [3.63, 3.8) is 0 Å². The van der Waals surface area contributed by atoms with Crippen LogP contribution in [-0.4, -0.2) is 125 Å². The second-order valence-corrected chi connectivity index (χ2v) is 23.5. The Bertz CT molecular complexity index is 4040. The molecule has 0 saturated carbocycles. The van der Waals surface area contributed by atoms with Gasteiger partial charge in [0.2, 0.25) is 5.91 Å². The first-order chi connectivity index (χ1) is 41.8. The number of rotatable bonds is 26. The number of anilines is 2. The number of amides is 1. The molecule has 0 unspecified atom stereocenters. The van der Waals surface area contributed by atoms with Crippen LogP contribution in [0.15, 0.2) is 113 Å². The predicted molar refractivity (Wildman–Crippen MR) is 347 cm³/mol. The van der Waals surface area contributed by atoms with Crippen molar-refractivity contribution in [2.45, 2.75) is 118 Å². The Hall–Kier alpha value is -8.70. The Morgan fingerprint density at radius 2 is 1.17 bits per heavy atom. The molecule has 1 amide bonds. The third kappa shape index (κ3) is 14.0. The summed E-state index contributed by atoms with van der Waals surface area (Å²) >= 11 is 0. The highest BCUT2D eigenvalue weighted by Gasteiger charge is 2.25. The van der Waals surface area contributed by atoms with Gasteiger partial charge in [-0.05, 0) is 164 Å². The van der Waals surface area contributed by atoms with E-state index in [-0.39, 0.29) is 41.5 Å². The quantitative estimate of drug-likeness (QED) is 0.0490. The number of aromatic nitrogens is 8. The largest absolute Gasteiger partial charge is 0.460 e. The van der Waals surface area contributed by atoms with Crippen LogP contribution < -0.4 is 20.9 Å². The number of benzene rings is 5. The normalized spacial score (nSPS) is 14.2. The summed E-state index contributed by atoms with van der Waals surface area (Å²) in [7, 11) is 0. The van der Waals surface area contributed by atoms with Gasteiger partial charge in [0.1, 0.15) is 28.6 Å². The summed E-state index contributed by atoms with van der Waals surface area (Å²) < 4.78 is 10.5. The Morgan fingerprint density at radius 3 is 1.76 bits per heavy atom. The molecular weight excluding hydrogens is 1080 g/mol. The second-order valence-electron chi connectivity index (χ2n) is 23.5. The third-order valence-electron chi connectivity index (χ3n) is 17.0. The zero-order valence-electron chi connectivity index (χ0n) is 50.5. The number of ether oxygens (including phenoxy) is 1. The molecule has 6 heterocycles. The molecule has 446 valence electrons. The zero-order valence-corrected chi connectivity index (χ0v) is 50.5. The summed E-state index contributed by atoms with van der Waals surface area (Å²) in [6.45, 7) is 19.8. The average molecular weight is 1160 g/mol. The van der Waals surface area contributed by atoms with E-state index in [1.54, 1.807) is 0 Å². The number of esters is 1. The van der Waals surface area contributed by atoms with Gasteiger partial charge in [-0.25, -0.2) is 19.9 Å². The lowest BCUT2D eigenvalue weighted by Gasteiger charge is -2.28. The first-order valence-electron chi connectivity index (χ1n) is 31.0. The van der Waals surface area contributed by atoms with Crippen LogP contribution in [0, 0.1) is 0 Å². The number of nitrogens with one attached hydrogen (secondary N) is 2. The lowest BCUT2D eigenvalue weighted by molar-refractivity contribution is -0.157. The van der Waals surface area contributed by atoms with Crippen molar-refractivity contribution in [1.82, 2.24) is 48.8 Å². The molecule has 86 heavy (non-hydrogen) atoms. The van der Waals surface area contributed by atoms with Gasteiger partial charge in [-0.1, -0.05) is 66.7 Å². The highest BCUT2D eigenvalue weighted by atomic mass is 16.6. The minimum atomic E-state index is -0.724. The Kier molecular flexibility index (Phi) is 18.3. The van der Waals surface area contributed by atoms with Crippen molar-refractivity contribution in [3.05, 3.63) is 164 Å². The van der Waals surface area contributed by atoms with Gasteiger partial charge in [-0.2, -0.15) is 0 Å². The number of hydrogen-bond acceptors (Lipinski definition) is 12. The predicted octanol–water partition coefficient (Wildman–Crippen LogP) is 11.3. The van der Waals surface area contributed by atoms with Gasteiger partial charge in [-0.3, -0.25) is 19.2 Å². The minimum absolute atomic E-state index is 0.0109. The number of aryl methyl sites for hydroxylation is 2. The van der Waals surface area contributed by atoms with E-state index in [9.17, 15) is 19.2 Å². The number of carbonyl (C=O) groups is 2. The molecule has 2 fully saturated rings. The summed E-state index contributed by atoms with van der Waals surface area (Å²) in [6, 6.07) is 34.9. The SMILES string of the molecule is CCN(CC)c1ccc(C=Cc2nc3cc4[nH]c(=O)c(CCC(=O)OC(C)(C)CCCN(CC)c5ccc(C=Cc6nc7cc8[nH]c(=O)c(Cc9ccccc9)nc8cc7n6CCN6CCCC6)cc5)nc4cc3n2CCCN2CCCC2=O)cc1. The van der Waals surface area contributed by atoms with Crippen molar-refractivity contribution < 1.29 is 14.3 Å². The second kappa shape index (κ2) is 26.7. The monoisotopic (exact) mass is 1160 g/mol. The van der Waals surface area contributed by atoms with Crippen molar-refractivity contribution in [2.75, 3.05) is 68.7 Å². The fourth-order valence-electron chi connectivity index (χ4n) is 12.3. The Labute approximate surface area is 502 Å². The molecule has 0 spiro atoms. The average Bonchev–Trinajstić information content (AvgIpc) is 2.02. The van der Waals surface area contributed by atoms with Crippen LogP contribution in [-0.2, 0) is 40.3 Å². The van der Waals surface area contributed by atoms with Crippen LogP contribution in [0.4, 0.5) is 11.4 Å². The van der Waals surface area contributed by atoms with E-state index >= 15 is 0 Å². The number of imidazole rings is 2. The van der Waals surface area contributed by atoms with Crippen LogP contribution in [0.2, 0.25) is 0 Å². The number of H-pyrrole nitrogens is 2. The van der Waals surface area contributed by atoms with Gasteiger partial charge in [0, 0.05) is 89.5 Å². The summed E-state index contributed by atoms with van der Waals surface area (Å²) in [6.07, 6.45) is 15.0. The molecule has 17 nitrogen and oxygen atoms in total. The maximum atomic E-state index is 13.5. The van der Waals surface area contributed by atoms with E-state index < -0.39 is 5.60 Å². The zero-order chi connectivity index (χ0) is 59.7. The van der Waals surface area contributed by atoms with E-state index in [0.717, 1.165) is 140 Å². The van der Waals surface area contributed by atoms with Gasteiger partial charge < -0.3 is 43.4 Å². The molecule has 11 rings (SSSR count). The van der Waals surface area contributed by atoms with Crippen molar-refractivity contribution in [1.29, 1.82) is 0 Å². The topological polar surface area (TPSA) is 183 Å². The summed E-state index contributed by atoms with van der Waals surface area (Å²) in [5.41, 5.74) is 10.9. The minimum Gasteiger partial charge on any atom is -0.460 e. The molecule has 17 heteroatoms. The van der Waals surface area contributed by atoms with Gasteiger partial charge in [0.25, 0.3) is 11.1 Å². The van der Waals surface area contributed by atoms with E-state index in [2.05, 4.69) is 127 Å². The molecule has 0 bridgehead atoms. The summed E-state index contributed by atoms with van der Waals surface area (Å²) in [5.74, 6) is 1.44. The standard InChI is InChI=1S/C69H80N12O5/c1-6-77(7-2)51-26-20-48(21-27-51)24-31-63-72-58-44-54-56(46-61(58)80(63)40-16-39-79-37-14-19-65(79)82)70-53(67(84)74-54)30-33-66(83)86-69(4,5)34-15-38-78(8-3)52-28-22-49(23-29-52)25-32-64-73-59-45-55-57(47-62(59)81(64)42-41-76-35-12-13-36-76)71-60(68(85)75-55)43-50-17-10-9-11-18-50/h9-11,17-18,20-29,31-32,44-47H,6-8,12-16,19,30,33-43H2,1-5H3,(H,74,84)(H,75,85). The first-order valence-corrected chi connectivity index (χ1v) is 31.0. The maximum Gasteiger partial charge on any atom is 0.306 e. The number of carbonyl (C=O) groups excluding carboxylic acids is 2. The third-order valence-corrected chi connectivity index (χ3v) is 17.0. The molecule has 2 aliphatic heterocycles. The van der Waals surface area contributed by atoms with Crippen LogP contribution in [0.3, 0.4) is 0 Å². The smallest absolute Gasteiger partial charge is 0.306 e. The molecule has 0 radical (unpaired) electrons. The molecule has 5 aromatic carbocycles. The van der Waals surface area contributed by atoms with Gasteiger partial charge in [0.15, 0.2) is 0 Å². The molecular formula is C69H80N12O5. The molecule has 2 N–H and O–H groups in total. The van der Waals surface area contributed by atoms with Crippen LogP contribution in [0.5, 0.6) is 0 Å². The van der Waals surface area contributed by atoms with Gasteiger partial charge in [0.05, 0.1) is 50.6 Å². The first kappa shape index (κ1) is 59.0. The number of nitrogens with zero attached hydrogens (tertiary/aromatic N) is 10. The van der Waals surface area contributed by atoms with E-state index in [0.29, 0.717) is 54.6 Å². The molecule has 0 aliphatic carbocycles. The molecule has 9 aromatic rings. The van der Waals surface area contributed by atoms with Crippen molar-refractivity contribution in [2.24, 2.45) is 0 Å². The lowest BCUT2D eigenvalue weighted by Crippen LogP contribution is -2.31. The molecule has 0 atom stereocenters. The lowest BCUT2D eigenvalue weighted by atomic mass is 10.0. The Balaban J connectivity index is 0.713. The number of fused-ring (bicyclic) bond motifs is 4.